The maximum Gasteiger partial charge on any atom is 0.472 e. The van der Waals surface area contributed by atoms with Gasteiger partial charge in [-0.15, -0.1) is 0 Å². The number of amides is 1. The van der Waals surface area contributed by atoms with Gasteiger partial charge in [0.05, 0.1) is 13.2 Å². The maximum atomic E-state index is 12.1. The molecule has 0 spiro atoms. The smallest absolute Gasteiger partial charge is 0.463 e. The number of carbonyl (C=O) groups is 2. The molecule has 0 aliphatic heterocycles. The number of esters is 1. The molecular weight excluding hydrogens is 653 g/mol. The van der Waals surface area contributed by atoms with Crippen molar-refractivity contribution in [1.29, 1.82) is 0 Å². The van der Waals surface area contributed by atoms with E-state index in [1.807, 2.05) is 0 Å². The molecule has 0 radical (unpaired) electrons. The van der Waals surface area contributed by atoms with Crippen molar-refractivity contribution in [3.05, 3.63) is 48.6 Å². The molecule has 0 aliphatic rings. The number of carbonyl (C=O) groups excluding carboxylic acids is 2. The highest BCUT2D eigenvalue weighted by atomic mass is 31.2. The number of hydrogen-bond donors (Lipinski definition) is 3. The summed E-state index contributed by atoms with van der Waals surface area (Å²) in [6.07, 6.45) is 40.3. The molecule has 3 N–H and O–H groups in total. The zero-order valence-electron chi connectivity index (χ0n) is 31.6. The normalized spacial score (nSPS) is 13.9. The summed E-state index contributed by atoms with van der Waals surface area (Å²) < 4.78 is 26.8. The summed E-state index contributed by atoms with van der Waals surface area (Å²) in [6, 6.07) is 0. The zero-order chi connectivity index (χ0) is 36.8. The van der Waals surface area contributed by atoms with E-state index in [1.165, 1.54) is 38.5 Å². The molecule has 10 heteroatoms. The molecule has 0 aliphatic carbocycles. The topological polar surface area (TPSA) is 131 Å². The molecule has 0 rings (SSSR count). The van der Waals surface area contributed by atoms with Crippen LogP contribution in [0.3, 0.4) is 0 Å². The van der Waals surface area contributed by atoms with E-state index in [2.05, 4.69) is 67.8 Å². The van der Waals surface area contributed by atoms with Gasteiger partial charge in [0, 0.05) is 19.4 Å². The Balaban J connectivity index is 3.67. The summed E-state index contributed by atoms with van der Waals surface area (Å²) in [7, 11) is -4.42. The fourth-order valence-electron chi connectivity index (χ4n) is 4.95. The quantitative estimate of drug-likeness (QED) is 0.0252. The molecule has 9 nitrogen and oxygen atoms in total. The Morgan fingerprint density at radius 2 is 1.10 bits per heavy atom. The van der Waals surface area contributed by atoms with Gasteiger partial charge in [0.1, 0.15) is 12.7 Å². The third-order valence-corrected chi connectivity index (χ3v) is 8.97. The summed E-state index contributed by atoms with van der Waals surface area (Å²) in [4.78, 5) is 33.8. The number of aliphatic hydroxyl groups excluding tert-OH is 1. The Hall–Kier alpha value is -2.03. The summed E-state index contributed by atoms with van der Waals surface area (Å²) in [5.41, 5.74) is 0. The lowest BCUT2D eigenvalue weighted by Crippen LogP contribution is -2.27. The first kappa shape index (κ1) is 48.0. The van der Waals surface area contributed by atoms with E-state index in [-0.39, 0.29) is 32.1 Å². The number of rotatable bonds is 36. The van der Waals surface area contributed by atoms with Gasteiger partial charge in [-0.2, -0.15) is 0 Å². The minimum Gasteiger partial charge on any atom is -0.463 e. The van der Waals surface area contributed by atoms with Crippen LogP contribution in [0, 0.1) is 0 Å². The van der Waals surface area contributed by atoms with Crippen LogP contribution >= 0.6 is 7.82 Å². The second-order valence-corrected chi connectivity index (χ2v) is 14.3. The van der Waals surface area contributed by atoms with Crippen LogP contribution in [0.25, 0.3) is 0 Å². The summed E-state index contributed by atoms with van der Waals surface area (Å²) in [5, 5.41) is 12.6. The van der Waals surface area contributed by atoms with E-state index in [0.717, 1.165) is 96.3 Å². The van der Waals surface area contributed by atoms with Crippen molar-refractivity contribution in [1.82, 2.24) is 5.32 Å². The van der Waals surface area contributed by atoms with Crippen LogP contribution in [0.2, 0.25) is 0 Å². The van der Waals surface area contributed by atoms with Crippen LogP contribution in [0.4, 0.5) is 0 Å². The molecule has 50 heavy (non-hydrogen) atoms. The molecule has 290 valence electrons. The molecule has 0 heterocycles. The number of unbranched alkanes of at least 4 members (excludes halogenated alkanes) is 15. The molecular formula is C40H72NO8P. The van der Waals surface area contributed by atoms with Crippen LogP contribution in [-0.2, 0) is 27.9 Å². The number of allylic oxidation sites excluding steroid dienone is 8. The van der Waals surface area contributed by atoms with E-state index < -0.39 is 26.5 Å². The number of phosphoric ester groups is 1. The predicted molar refractivity (Wildman–Crippen MR) is 206 cm³/mol. The first-order valence-corrected chi connectivity index (χ1v) is 21.1. The number of ether oxygens (including phenoxy) is 1. The van der Waals surface area contributed by atoms with Crippen LogP contribution in [-0.4, -0.2) is 54.3 Å². The fourth-order valence-corrected chi connectivity index (χ4v) is 5.71. The van der Waals surface area contributed by atoms with Crippen molar-refractivity contribution in [2.75, 3.05) is 26.4 Å². The summed E-state index contributed by atoms with van der Waals surface area (Å²) in [6.45, 7) is 3.43. The highest BCUT2D eigenvalue weighted by Crippen LogP contribution is 2.42. The van der Waals surface area contributed by atoms with Crippen LogP contribution in [0.15, 0.2) is 48.6 Å². The summed E-state index contributed by atoms with van der Waals surface area (Å²) >= 11 is 0. The van der Waals surface area contributed by atoms with Gasteiger partial charge in [0.15, 0.2) is 0 Å². The van der Waals surface area contributed by atoms with Crippen LogP contribution in [0.5, 0.6) is 0 Å². The fraction of sp³-hybridized carbons (Fsp3) is 0.750. The molecule has 0 saturated carbocycles. The molecule has 0 saturated heterocycles. The van der Waals surface area contributed by atoms with Crippen molar-refractivity contribution in [3.63, 3.8) is 0 Å². The highest BCUT2D eigenvalue weighted by Gasteiger charge is 2.23. The second-order valence-electron chi connectivity index (χ2n) is 12.9. The maximum absolute atomic E-state index is 12.1. The van der Waals surface area contributed by atoms with E-state index >= 15 is 0 Å². The van der Waals surface area contributed by atoms with Crippen molar-refractivity contribution in [2.45, 2.75) is 168 Å². The molecule has 2 atom stereocenters. The predicted octanol–water partition coefficient (Wildman–Crippen LogP) is 10.4. The second kappa shape index (κ2) is 36.8. The first-order chi connectivity index (χ1) is 24.3. The van der Waals surface area contributed by atoms with Gasteiger partial charge in [-0.3, -0.25) is 18.6 Å². The lowest BCUT2D eigenvalue weighted by molar-refractivity contribution is -0.147. The van der Waals surface area contributed by atoms with Gasteiger partial charge in [-0.05, 0) is 70.6 Å². The monoisotopic (exact) mass is 725 g/mol. The third-order valence-electron chi connectivity index (χ3n) is 7.98. The van der Waals surface area contributed by atoms with Crippen molar-refractivity contribution >= 4 is 19.7 Å². The van der Waals surface area contributed by atoms with Gasteiger partial charge in [-0.1, -0.05) is 127 Å². The first-order valence-electron chi connectivity index (χ1n) is 19.6. The number of aliphatic hydroxyl groups is 1. The highest BCUT2D eigenvalue weighted by molar-refractivity contribution is 7.47. The van der Waals surface area contributed by atoms with E-state index in [4.69, 9.17) is 13.8 Å². The molecule has 0 fully saturated rings. The minimum atomic E-state index is -4.42. The van der Waals surface area contributed by atoms with Gasteiger partial charge >= 0.3 is 13.8 Å². The molecule has 0 aromatic rings. The summed E-state index contributed by atoms with van der Waals surface area (Å²) in [5.74, 6) is -0.548. The van der Waals surface area contributed by atoms with E-state index in [1.54, 1.807) is 0 Å². The zero-order valence-corrected chi connectivity index (χ0v) is 32.5. The Morgan fingerprint density at radius 3 is 1.66 bits per heavy atom. The van der Waals surface area contributed by atoms with Crippen molar-refractivity contribution in [2.24, 2.45) is 0 Å². The Morgan fingerprint density at radius 1 is 0.620 bits per heavy atom. The number of phosphoric acid groups is 1. The third kappa shape index (κ3) is 37.2. The van der Waals surface area contributed by atoms with Gasteiger partial charge in [0.25, 0.3) is 0 Å². The Labute approximate surface area is 305 Å². The minimum absolute atomic E-state index is 0.0707. The average molecular weight is 726 g/mol. The lowest BCUT2D eigenvalue weighted by Gasteiger charge is -2.15. The van der Waals surface area contributed by atoms with Crippen LogP contribution < -0.4 is 5.32 Å². The standard InChI is InChI=1S/C40H72NO8P/c1-3-5-7-9-11-13-15-17-19-20-22-24-26-28-30-32-39(43)41-34-35-48-50(45,46)49-37-38(42)36-47-40(44)33-31-29-27-25-23-21-18-16-14-12-10-8-6-4-2/h10-13,16-19,38,42H,3-9,14-15,20-37H2,1-2H3,(H,41,43)(H,45,46)/b12-10-,13-11-,18-16-,19-17-. The molecule has 1 amide bonds. The Bertz CT molecular complexity index is 965. The van der Waals surface area contributed by atoms with Gasteiger partial charge in [-0.25, -0.2) is 4.57 Å². The lowest BCUT2D eigenvalue weighted by atomic mass is 10.1. The van der Waals surface area contributed by atoms with E-state index in [0.29, 0.717) is 6.42 Å². The molecule has 0 aromatic carbocycles. The van der Waals surface area contributed by atoms with Crippen molar-refractivity contribution < 1.29 is 37.9 Å². The molecule has 0 bridgehead atoms. The van der Waals surface area contributed by atoms with Gasteiger partial charge < -0.3 is 20.1 Å². The molecule has 0 aromatic heterocycles. The number of hydrogen-bond acceptors (Lipinski definition) is 7. The largest absolute Gasteiger partial charge is 0.472 e. The average Bonchev–Trinajstić information content (AvgIpc) is 3.10. The molecule has 2 unspecified atom stereocenters. The number of nitrogens with one attached hydrogen (secondary N) is 1. The van der Waals surface area contributed by atoms with Crippen LogP contribution in [0.1, 0.15) is 162 Å². The van der Waals surface area contributed by atoms with Gasteiger partial charge in [0.2, 0.25) is 5.91 Å². The Kier molecular flexibility index (Phi) is 35.3. The van der Waals surface area contributed by atoms with Crippen molar-refractivity contribution in [3.8, 4) is 0 Å². The van der Waals surface area contributed by atoms with E-state index in [9.17, 15) is 24.2 Å². The SMILES string of the molecule is CCCC/C=C\C/C=C\CCCCCCCC(=O)OCC(O)COP(=O)(O)OCCNC(=O)CCCCCCC/C=C\C/C=C\CCCCC.